The van der Waals surface area contributed by atoms with Crippen LogP contribution in [0, 0.1) is 0 Å². The standard InChI is InChI=1S/C14H18N4O3S/c1-18(2)14-15-9-8-11(17-14)10-16-22(19,20)13-7-5-4-6-12(13)21-3/h4-9,16H,10H2,1-3H3. The van der Waals surface area contributed by atoms with Gasteiger partial charge in [0.25, 0.3) is 0 Å². The first-order valence-corrected chi connectivity index (χ1v) is 8.04. The van der Waals surface area contributed by atoms with Crippen LogP contribution in [0.4, 0.5) is 5.95 Å². The molecule has 0 aliphatic rings. The fourth-order valence-corrected chi connectivity index (χ4v) is 2.95. The molecular formula is C14H18N4O3S. The lowest BCUT2D eigenvalue weighted by atomic mass is 10.3. The van der Waals surface area contributed by atoms with E-state index in [1.54, 1.807) is 35.4 Å². The van der Waals surface area contributed by atoms with E-state index in [1.165, 1.54) is 13.2 Å². The second-order valence-corrected chi connectivity index (χ2v) is 6.45. The molecule has 7 nitrogen and oxygen atoms in total. The summed E-state index contributed by atoms with van der Waals surface area (Å²) in [5.41, 5.74) is 0.581. The molecule has 0 aliphatic heterocycles. The predicted molar refractivity (Wildman–Crippen MR) is 83.4 cm³/mol. The zero-order valence-electron chi connectivity index (χ0n) is 12.6. The fourth-order valence-electron chi connectivity index (χ4n) is 1.79. The third kappa shape index (κ3) is 3.71. The molecule has 0 atom stereocenters. The van der Waals surface area contributed by atoms with E-state index in [9.17, 15) is 8.42 Å². The number of anilines is 1. The van der Waals surface area contributed by atoms with Gasteiger partial charge in [-0.2, -0.15) is 0 Å². The van der Waals surface area contributed by atoms with Crippen molar-refractivity contribution in [2.75, 3.05) is 26.1 Å². The Labute approximate surface area is 130 Å². The largest absolute Gasteiger partial charge is 0.495 e. The highest BCUT2D eigenvalue weighted by molar-refractivity contribution is 7.89. The van der Waals surface area contributed by atoms with E-state index in [0.29, 0.717) is 17.4 Å². The van der Waals surface area contributed by atoms with Crippen molar-refractivity contribution in [1.82, 2.24) is 14.7 Å². The average Bonchev–Trinajstić information content (AvgIpc) is 2.53. The van der Waals surface area contributed by atoms with E-state index >= 15 is 0 Å². The molecule has 0 saturated heterocycles. The highest BCUT2D eigenvalue weighted by atomic mass is 32.2. The Morgan fingerprint density at radius 2 is 1.95 bits per heavy atom. The Morgan fingerprint density at radius 3 is 2.64 bits per heavy atom. The number of methoxy groups -OCH3 is 1. The normalized spacial score (nSPS) is 11.2. The summed E-state index contributed by atoms with van der Waals surface area (Å²) in [5.74, 6) is 0.820. The van der Waals surface area contributed by atoms with Crippen molar-refractivity contribution < 1.29 is 13.2 Å². The quantitative estimate of drug-likeness (QED) is 0.855. The molecule has 0 unspecified atom stereocenters. The van der Waals surface area contributed by atoms with Crippen LogP contribution in [0.2, 0.25) is 0 Å². The van der Waals surface area contributed by atoms with Crippen LogP contribution in [0.25, 0.3) is 0 Å². The van der Waals surface area contributed by atoms with Crippen molar-refractivity contribution in [2.24, 2.45) is 0 Å². The van der Waals surface area contributed by atoms with Gasteiger partial charge < -0.3 is 9.64 Å². The van der Waals surface area contributed by atoms with Crippen molar-refractivity contribution in [1.29, 1.82) is 0 Å². The fraction of sp³-hybridized carbons (Fsp3) is 0.286. The summed E-state index contributed by atoms with van der Waals surface area (Å²) >= 11 is 0. The van der Waals surface area contributed by atoms with Gasteiger partial charge in [-0.3, -0.25) is 0 Å². The molecule has 1 aromatic heterocycles. The summed E-state index contributed by atoms with van der Waals surface area (Å²) in [5, 5.41) is 0. The summed E-state index contributed by atoms with van der Waals surface area (Å²) in [4.78, 5) is 10.2. The number of para-hydroxylation sites is 1. The number of benzene rings is 1. The molecule has 2 rings (SSSR count). The number of nitrogens with zero attached hydrogens (tertiary/aromatic N) is 3. The number of rotatable bonds is 6. The molecule has 118 valence electrons. The minimum atomic E-state index is -3.68. The number of hydrogen-bond acceptors (Lipinski definition) is 6. The molecule has 0 aliphatic carbocycles. The number of nitrogens with one attached hydrogen (secondary N) is 1. The predicted octanol–water partition coefficient (Wildman–Crippen LogP) is 1.03. The second kappa shape index (κ2) is 6.71. The molecule has 0 saturated carbocycles. The lowest BCUT2D eigenvalue weighted by Gasteiger charge is -2.12. The van der Waals surface area contributed by atoms with E-state index in [1.807, 2.05) is 14.1 Å². The maximum Gasteiger partial charge on any atom is 0.244 e. The third-order valence-electron chi connectivity index (χ3n) is 2.90. The summed E-state index contributed by atoms with van der Waals surface area (Å²) < 4.78 is 32.3. The summed E-state index contributed by atoms with van der Waals surface area (Å²) in [6.07, 6.45) is 1.59. The van der Waals surface area contributed by atoms with Crippen LogP contribution in [0.1, 0.15) is 5.69 Å². The van der Waals surface area contributed by atoms with E-state index in [-0.39, 0.29) is 11.4 Å². The summed E-state index contributed by atoms with van der Waals surface area (Å²) in [6.45, 7) is 0.0732. The Balaban J connectivity index is 2.18. The SMILES string of the molecule is COc1ccccc1S(=O)(=O)NCc1ccnc(N(C)C)n1. The van der Waals surface area contributed by atoms with Gasteiger partial charge in [-0.15, -0.1) is 0 Å². The van der Waals surface area contributed by atoms with Gasteiger partial charge in [0.2, 0.25) is 16.0 Å². The molecule has 0 amide bonds. The molecule has 1 heterocycles. The van der Waals surface area contributed by atoms with E-state index in [4.69, 9.17) is 4.74 Å². The van der Waals surface area contributed by atoms with Gasteiger partial charge in [-0.1, -0.05) is 12.1 Å². The second-order valence-electron chi connectivity index (χ2n) is 4.72. The summed E-state index contributed by atoms with van der Waals surface area (Å²) in [7, 11) is 1.38. The minimum Gasteiger partial charge on any atom is -0.495 e. The molecule has 1 aromatic carbocycles. The van der Waals surface area contributed by atoms with Gasteiger partial charge in [0.1, 0.15) is 10.6 Å². The Bertz CT molecular complexity index is 747. The van der Waals surface area contributed by atoms with Crippen LogP contribution < -0.4 is 14.4 Å². The van der Waals surface area contributed by atoms with Gasteiger partial charge in [-0.25, -0.2) is 23.1 Å². The lowest BCUT2D eigenvalue weighted by molar-refractivity contribution is 0.402. The van der Waals surface area contributed by atoms with Crippen molar-refractivity contribution >= 4 is 16.0 Å². The third-order valence-corrected chi connectivity index (χ3v) is 4.34. The first-order chi connectivity index (χ1) is 10.4. The van der Waals surface area contributed by atoms with Crippen LogP contribution in [-0.4, -0.2) is 39.6 Å². The minimum absolute atomic E-state index is 0.0732. The van der Waals surface area contributed by atoms with Crippen molar-refractivity contribution in [2.45, 2.75) is 11.4 Å². The number of ether oxygens (including phenoxy) is 1. The first kappa shape index (κ1) is 16.2. The van der Waals surface area contributed by atoms with Crippen molar-refractivity contribution in [3.63, 3.8) is 0 Å². The molecule has 0 bridgehead atoms. The van der Waals surface area contributed by atoms with E-state index in [0.717, 1.165) is 0 Å². The van der Waals surface area contributed by atoms with Gasteiger partial charge in [0.15, 0.2) is 0 Å². The maximum absolute atomic E-state index is 12.4. The monoisotopic (exact) mass is 322 g/mol. The Kier molecular flexibility index (Phi) is 4.94. The Morgan fingerprint density at radius 1 is 1.23 bits per heavy atom. The highest BCUT2D eigenvalue weighted by Gasteiger charge is 2.18. The zero-order valence-corrected chi connectivity index (χ0v) is 13.5. The van der Waals surface area contributed by atoms with Gasteiger partial charge in [0, 0.05) is 20.3 Å². The topological polar surface area (TPSA) is 84.4 Å². The maximum atomic E-state index is 12.4. The molecule has 8 heteroatoms. The molecule has 2 aromatic rings. The van der Waals surface area contributed by atoms with Gasteiger partial charge in [0.05, 0.1) is 19.3 Å². The Hall–Kier alpha value is -2.19. The molecule has 0 fully saturated rings. The molecule has 1 N–H and O–H groups in total. The molecular weight excluding hydrogens is 304 g/mol. The average molecular weight is 322 g/mol. The van der Waals surface area contributed by atoms with Crippen LogP contribution in [-0.2, 0) is 16.6 Å². The van der Waals surface area contributed by atoms with Crippen LogP contribution in [0.5, 0.6) is 5.75 Å². The van der Waals surface area contributed by atoms with Crippen molar-refractivity contribution in [3.8, 4) is 5.75 Å². The lowest BCUT2D eigenvalue weighted by Crippen LogP contribution is -2.24. The van der Waals surface area contributed by atoms with Crippen LogP contribution in [0.3, 0.4) is 0 Å². The van der Waals surface area contributed by atoms with Crippen LogP contribution >= 0.6 is 0 Å². The van der Waals surface area contributed by atoms with Gasteiger partial charge >= 0.3 is 0 Å². The highest BCUT2D eigenvalue weighted by Crippen LogP contribution is 2.22. The molecule has 22 heavy (non-hydrogen) atoms. The number of hydrogen-bond donors (Lipinski definition) is 1. The number of aromatic nitrogens is 2. The van der Waals surface area contributed by atoms with E-state index < -0.39 is 10.0 Å². The molecule has 0 radical (unpaired) electrons. The number of sulfonamides is 1. The molecule has 0 spiro atoms. The van der Waals surface area contributed by atoms with Crippen LogP contribution in [0.15, 0.2) is 41.4 Å². The first-order valence-electron chi connectivity index (χ1n) is 6.56. The smallest absolute Gasteiger partial charge is 0.244 e. The zero-order chi connectivity index (χ0) is 16.2. The summed E-state index contributed by atoms with van der Waals surface area (Å²) in [6, 6.07) is 8.12. The van der Waals surface area contributed by atoms with Gasteiger partial charge in [-0.05, 0) is 18.2 Å². The van der Waals surface area contributed by atoms with Crippen molar-refractivity contribution in [3.05, 3.63) is 42.2 Å². The van der Waals surface area contributed by atoms with E-state index in [2.05, 4.69) is 14.7 Å².